The smallest absolute Gasteiger partial charge is 0.234 e. The number of thioether (sulfide) groups is 1. The molecule has 0 radical (unpaired) electrons. The van der Waals surface area contributed by atoms with Crippen molar-refractivity contribution >= 4 is 23.4 Å². The van der Waals surface area contributed by atoms with E-state index in [4.69, 9.17) is 4.74 Å². The monoisotopic (exact) mass is 459 g/mol. The molecule has 0 aliphatic rings. The maximum Gasteiger partial charge on any atom is 0.234 e. The van der Waals surface area contributed by atoms with Crippen LogP contribution >= 0.6 is 11.8 Å². The van der Waals surface area contributed by atoms with Crippen LogP contribution in [0.2, 0.25) is 0 Å². The minimum absolute atomic E-state index is 0.142. The molecule has 0 fully saturated rings. The van der Waals surface area contributed by atoms with Crippen molar-refractivity contribution in [2.24, 2.45) is 0 Å². The van der Waals surface area contributed by atoms with Crippen LogP contribution < -0.4 is 10.1 Å². The van der Waals surface area contributed by atoms with E-state index in [0.29, 0.717) is 29.0 Å². The van der Waals surface area contributed by atoms with Gasteiger partial charge in [0, 0.05) is 23.6 Å². The summed E-state index contributed by atoms with van der Waals surface area (Å²) in [5.74, 6) is 1.39. The molecule has 2 aromatic heterocycles. The number of hydrogen-bond acceptors (Lipinski definition) is 6. The lowest BCUT2D eigenvalue weighted by molar-refractivity contribution is -0.113. The highest BCUT2D eigenvalue weighted by Gasteiger charge is 2.18. The molecule has 1 amide bonds. The van der Waals surface area contributed by atoms with E-state index in [0.717, 1.165) is 24.1 Å². The van der Waals surface area contributed by atoms with Gasteiger partial charge in [-0.3, -0.25) is 14.3 Å². The largest absolute Gasteiger partial charge is 0.491 e. The summed E-state index contributed by atoms with van der Waals surface area (Å²) >= 11 is 1.33. The number of hydrogen-bond donors (Lipinski definition) is 1. The highest BCUT2D eigenvalue weighted by Crippen LogP contribution is 2.28. The number of amides is 1. The van der Waals surface area contributed by atoms with Crippen LogP contribution in [0.3, 0.4) is 0 Å². The van der Waals surface area contributed by atoms with Crippen LogP contribution in [0, 0.1) is 0 Å². The predicted molar refractivity (Wildman–Crippen MR) is 131 cm³/mol. The lowest BCUT2D eigenvalue weighted by Crippen LogP contribution is -2.15. The summed E-state index contributed by atoms with van der Waals surface area (Å²) in [5.41, 5.74) is 2.43. The van der Waals surface area contributed by atoms with E-state index in [-0.39, 0.29) is 11.7 Å². The number of carbonyl (C=O) groups excluding carboxylic acids is 1. The van der Waals surface area contributed by atoms with E-state index in [1.165, 1.54) is 11.8 Å². The van der Waals surface area contributed by atoms with Crippen molar-refractivity contribution in [1.29, 1.82) is 0 Å². The molecule has 2 aromatic carbocycles. The SMILES string of the molecule is CCCCOc1ccccc1NC(=O)CSc1nnc(-c2cccnc2)n1-c1ccccc1. The molecule has 0 aliphatic heterocycles. The molecule has 0 saturated carbocycles. The van der Waals surface area contributed by atoms with Gasteiger partial charge in [0.15, 0.2) is 11.0 Å². The van der Waals surface area contributed by atoms with E-state index in [1.54, 1.807) is 12.4 Å². The van der Waals surface area contributed by atoms with Gasteiger partial charge >= 0.3 is 0 Å². The third kappa shape index (κ3) is 5.78. The number of ether oxygens (including phenoxy) is 1. The maximum absolute atomic E-state index is 12.7. The van der Waals surface area contributed by atoms with Crippen LogP contribution in [0.1, 0.15) is 19.8 Å². The van der Waals surface area contributed by atoms with E-state index in [9.17, 15) is 4.79 Å². The van der Waals surface area contributed by atoms with Crippen molar-refractivity contribution < 1.29 is 9.53 Å². The number of carbonyl (C=O) groups is 1. The lowest BCUT2D eigenvalue weighted by atomic mass is 10.2. The molecule has 7 nitrogen and oxygen atoms in total. The molecule has 168 valence electrons. The van der Waals surface area contributed by atoms with E-state index >= 15 is 0 Å². The van der Waals surface area contributed by atoms with Gasteiger partial charge in [-0.25, -0.2) is 0 Å². The molecular weight excluding hydrogens is 434 g/mol. The summed E-state index contributed by atoms with van der Waals surface area (Å²) < 4.78 is 7.76. The topological polar surface area (TPSA) is 81.9 Å². The van der Waals surface area contributed by atoms with Crippen LogP contribution in [0.15, 0.2) is 84.3 Å². The molecule has 2 heterocycles. The van der Waals surface area contributed by atoms with Crippen molar-refractivity contribution in [3.63, 3.8) is 0 Å². The van der Waals surface area contributed by atoms with Gasteiger partial charge in [0.1, 0.15) is 5.75 Å². The zero-order valence-electron chi connectivity index (χ0n) is 18.3. The Bertz CT molecular complexity index is 1180. The Labute approximate surface area is 197 Å². The molecule has 0 bridgehead atoms. The highest BCUT2D eigenvalue weighted by molar-refractivity contribution is 7.99. The number of nitrogens with one attached hydrogen (secondary N) is 1. The van der Waals surface area contributed by atoms with Gasteiger partial charge in [-0.2, -0.15) is 0 Å². The van der Waals surface area contributed by atoms with E-state index in [2.05, 4.69) is 27.4 Å². The summed E-state index contributed by atoms with van der Waals surface area (Å²) in [6.45, 7) is 2.73. The minimum Gasteiger partial charge on any atom is -0.491 e. The number of benzene rings is 2. The fraction of sp³-hybridized carbons (Fsp3) is 0.200. The summed E-state index contributed by atoms with van der Waals surface area (Å²) in [4.78, 5) is 16.9. The second-order valence-corrected chi connectivity index (χ2v) is 8.20. The van der Waals surface area contributed by atoms with Crippen molar-refractivity contribution in [3.05, 3.63) is 79.1 Å². The van der Waals surface area contributed by atoms with Gasteiger partial charge in [-0.15, -0.1) is 10.2 Å². The first-order valence-electron chi connectivity index (χ1n) is 10.8. The zero-order valence-corrected chi connectivity index (χ0v) is 19.2. The van der Waals surface area contributed by atoms with Crippen molar-refractivity contribution in [2.45, 2.75) is 24.9 Å². The number of nitrogens with zero attached hydrogens (tertiary/aromatic N) is 4. The number of rotatable bonds is 10. The molecule has 0 atom stereocenters. The van der Waals surface area contributed by atoms with Crippen molar-refractivity contribution in [1.82, 2.24) is 19.7 Å². The normalized spacial score (nSPS) is 10.7. The molecule has 33 heavy (non-hydrogen) atoms. The Balaban J connectivity index is 1.50. The average Bonchev–Trinajstić information content (AvgIpc) is 3.29. The van der Waals surface area contributed by atoms with Crippen molar-refractivity contribution in [2.75, 3.05) is 17.7 Å². The molecule has 8 heteroatoms. The highest BCUT2D eigenvalue weighted by atomic mass is 32.2. The number of para-hydroxylation sites is 3. The Morgan fingerprint density at radius 2 is 1.85 bits per heavy atom. The van der Waals surface area contributed by atoms with Crippen LogP contribution in [-0.2, 0) is 4.79 Å². The third-order valence-electron chi connectivity index (χ3n) is 4.82. The predicted octanol–water partition coefficient (Wildman–Crippen LogP) is 5.24. The fourth-order valence-corrected chi connectivity index (χ4v) is 3.95. The zero-order chi connectivity index (χ0) is 22.9. The molecule has 1 N–H and O–H groups in total. The molecule has 4 aromatic rings. The van der Waals surface area contributed by atoms with Crippen LogP contribution in [-0.4, -0.2) is 38.0 Å². The van der Waals surface area contributed by atoms with Gasteiger partial charge in [0.2, 0.25) is 5.91 Å². The second-order valence-electron chi connectivity index (χ2n) is 7.25. The summed E-state index contributed by atoms with van der Waals surface area (Å²) in [6, 6.07) is 21.1. The second kappa shape index (κ2) is 11.3. The van der Waals surface area contributed by atoms with Gasteiger partial charge in [-0.1, -0.05) is 55.4 Å². The summed E-state index contributed by atoms with van der Waals surface area (Å²) in [5, 5.41) is 12.3. The van der Waals surface area contributed by atoms with Crippen LogP contribution in [0.5, 0.6) is 5.75 Å². The quantitative estimate of drug-likeness (QED) is 0.258. The first-order valence-corrected chi connectivity index (χ1v) is 11.8. The number of aromatic nitrogens is 4. The Hall–Kier alpha value is -3.65. The van der Waals surface area contributed by atoms with E-state index < -0.39 is 0 Å². The lowest BCUT2D eigenvalue weighted by Gasteiger charge is -2.12. The molecule has 0 aliphatic carbocycles. The Morgan fingerprint density at radius 1 is 1.03 bits per heavy atom. The Kier molecular flexibility index (Phi) is 7.71. The standard InChI is InChI=1S/C25H25N5O2S/c1-2-3-16-32-22-14-8-7-13-21(22)27-23(31)18-33-25-29-28-24(19-10-9-15-26-17-19)30(25)20-11-5-4-6-12-20/h4-15,17H,2-3,16,18H2,1H3,(H,27,31). The van der Waals surface area contributed by atoms with Gasteiger partial charge in [0.05, 0.1) is 18.0 Å². The average molecular weight is 460 g/mol. The first-order chi connectivity index (χ1) is 16.3. The number of anilines is 1. The fourth-order valence-electron chi connectivity index (χ4n) is 3.19. The number of unbranched alkanes of at least 4 members (excludes halogenated alkanes) is 1. The molecule has 0 unspecified atom stereocenters. The van der Waals surface area contributed by atoms with Crippen molar-refractivity contribution in [3.8, 4) is 22.8 Å². The molecule has 4 rings (SSSR count). The maximum atomic E-state index is 12.7. The van der Waals surface area contributed by atoms with Gasteiger partial charge < -0.3 is 10.1 Å². The first kappa shape index (κ1) is 22.5. The third-order valence-corrected chi connectivity index (χ3v) is 5.75. The van der Waals surface area contributed by atoms with Crippen LogP contribution in [0.25, 0.3) is 17.1 Å². The summed E-state index contributed by atoms with van der Waals surface area (Å²) in [6.07, 6.45) is 5.48. The Morgan fingerprint density at radius 3 is 2.64 bits per heavy atom. The van der Waals surface area contributed by atoms with Gasteiger partial charge in [0.25, 0.3) is 0 Å². The molecule has 0 saturated heterocycles. The van der Waals surface area contributed by atoms with Crippen LogP contribution in [0.4, 0.5) is 5.69 Å². The number of pyridine rings is 1. The van der Waals surface area contributed by atoms with E-state index in [1.807, 2.05) is 71.3 Å². The minimum atomic E-state index is -0.142. The molecule has 0 spiro atoms. The summed E-state index contributed by atoms with van der Waals surface area (Å²) in [7, 11) is 0. The van der Waals surface area contributed by atoms with Gasteiger partial charge in [-0.05, 0) is 42.8 Å². The molecular formula is C25H25N5O2S.